The van der Waals surface area contributed by atoms with Crippen LogP contribution in [-0.2, 0) is 0 Å². The van der Waals surface area contributed by atoms with Gasteiger partial charge >= 0.3 is 33.0 Å². The second-order valence-corrected chi connectivity index (χ2v) is 8.02. The molecule has 1 rings (SSSR count). The van der Waals surface area contributed by atoms with E-state index in [0.717, 1.165) is 11.0 Å². The topological polar surface area (TPSA) is 0 Å². The van der Waals surface area contributed by atoms with Crippen molar-refractivity contribution in [3.8, 4) is 0 Å². The van der Waals surface area contributed by atoms with E-state index in [1.54, 1.807) is 0 Å². The van der Waals surface area contributed by atoms with Gasteiger partial charge in [-0.1, -0.05) is 50.3 Å². The van der Waals surface area contributed by atoms with Crippen molar-refractivity contribution in [2.45, 2.75) is 19.8 Å². The van der Waals surface area contributed by atoms with Crippen LogP contribution in [0.4, 0.5) is 25.2 Å². The summed E-state index contributed by atoms with van der Waals surface area (Å²) in [4.78, 5) is 0. The molecule has 23 heavy (non-hydrogen) atoms. The third-order valence-corrected chi connectivity index (χ3v) is 2.92. The van der Waals surface area contributed by atoms with Crippen LogP contribution in [0.2, 0.25) is 0 Å². The molecule has 0 aliphatic heterocycles. The zero-order valence-electron chi connectivity index (χ0n) is 13.6. The van der Waals surface area contributed by atoms with E-state index in [0.29, 0.717) is 0 Å². The Morgan fingerprint density at radius 1 is 1.00 bits per heavy atom. The number of halogens is 6. The Morgan fingerprint density at radius 2 is 1.43 bits per heavy atom. The fourth-order valence-electron chi connectivity index (χ4n) is 1.95. The van der Waals surface area contributed by atoms with Gasteiger partial charge in [0, 0.05) is 5.57 Å². The van der Waals surface area contributed by atoms with Gasteiger partial charge in [0.25, 0.3) is 0 Å². The zero-order valence-corrected chi connectivity index (χ0v) is 14.5. The normalized spacial score (nSPS) is 15.0. The van der Waals surface area contributed by atoms with Gasteiger partial charge in [0.05, 0.1) is 20.6 Å². The van der Waals surface area contributed by atoms with Crippen molar-refractivity contribution in [1.29, 1.82) is 0 Å². The number of rotatable bonds is 6. The maximum atomic E-state index is 9.87. The van der Waals surface area contributed by atoms with Crippen LogP contribution in [0.3, 0.4) is 0 Å². The molecule has 0 spiro atoms. The Balaban J connectivity index is 0.000000585. The number of hydrogen-bond donors (Lipinski definition) is 0. The summed E-state index contributed by atoms with van der Waals surface area (Å²) < 4.78 is 60.2. The Bertz CT molecular complexity index is 496. The molecule has 0 bridgehead atoms. The average Bonchev–Trinajstić information content (AvgIpc) is 2.33. The first-order valence-corrected chi connectivity index (χ1v) is 9.14. The fraction of sp³-hybridized carbons (Fsp3) is 0.467. The van der Waals surface area contributed by atoms with E-state index in [9.17, 15) is 25.2 Å². The summed E-state index contributed by atoms with van der Waals surface area (Å²) in [6, 6.07) is 10.5. The molecular weight excluding hydrogens is 339 g/mol. The molecule has 0 saturated heterocycles. The fourth-order valence-corrected chi connectivity index (χ4v) is 1.95. The molecule has 136 valence electrons. The second kappa shape index (κ2) is 6.81. The number of unbranched alkanes of at least 4 members (excludes halogenated alkanes) is 1. The standard InChI is InChI=1S/C15H24N.F6P/c1-5-6-12-16(3,4)13-14(2)15-10-8-7-9-11-15;1-7(2,3,4,5)6/h7-11H,2,5-6,12-13H2,1,3-4H3;/q+1;-1. The minimum atomic E-state index is -10.7. The van der Waals surface area contributed by atoms with Crippen LogP contribution in [0.25, 0.3) is 5.57 Å². The maximum absolute atomic E-state index is 10.7. The molecule has 0 aliphatic rings. The van der Waals surface area contributed by atoms with Crippen molar-refractivity contribution in [3.63, 3.8) is 0 Å². The molecule has 0 heterocycles. The van der Waals surface area contributed by atoms with E-state index in [1.165, 1.54) is 30.5 Å². The number of nitrogens with zero attached hydrogens (tertiary/aromatic N) is 1. The van der Waals surface area contributed by atoms with E-state index in [-0.39, 0.29) is 0 Å². The molecule has 0 unspecified atom stereocenters. The predicted octanol–water partition coefficient (Wildman–Crippen LogP) is 6.96. The van der Waals surface area contributed by atoms with Crippen LogP contribution in [0, 0.1) is 0 Å². The Kier molecular flexibility index (Phi) is 6.50. The van der Waals surface area contributed by atoms with Gasteiger partial charge in [0.1, 0.15) is 6.54 Å². The van der Waals surface area contributed by atoms with Crippen LogP contribution in [0.1, 0.15) is 25.3 Å². The van der Waals surface area contributed by atoms with E-state index in [1.807, 2.05) is 6.07 Å². The minimum absolute atomic E-state index is 1.03. The van der Waals surface area contributed by atoms with Crippen molar-refractivity contribution in [3.05, 3.63) is 42.5 Å². The monoisotopic (exact) mass is 363 g/mol. The number of benzene rings is 1. The Morgan fingerprint density at radius 3 is 1.83 bits per heavy atom. The van der Waals surface area contributed by atoms with Crippen molar-refractivity contribution in [2.75, 3.05) is 27.2 Å². The van der Waals surface area contributed by atoms with Crippen molar-refractivity contribution >= 4 is 13.4 Å². The first-order valence-electron chi connectivity index (χ1n) is 7.12. The third-order valence-electron chi connectivity index (χ3n) is 2.92. The summed E-state index contributed by atoms with van der Waals surface area (Å²) in [5.74, 6) is 0. The summed E-state index contributed by atoms with van der Waals surface area (Å²) in [5.41, 5.74) is 2.51. The summed E-state index contributed by atoms with van der Waals surface area (Å²) >= 11 is 0. The van der Waals surface area contributed by atoms with Gasteiger partial charge in [-0.05, 0) is 12.0 Å². The molecule has 1 aromatic carbocycles. The third kappa shape index (κ3) is 17.1. The second-order valence-electron chi connectivity index (χ2n) is 6.10. The van der Waals surface area contributed by atoms with Crippen molar-refractivity contribution in [1.82, 2.24) is 0 Å². The van der Waals surface area contributed by atoms with Gasteiger partial charge in [-0.2, -0.15) is 0 Å². The average molecular weight is 363 g/mol. The van der Waals surface area contributed by atoms with Crippen molar-refractivity contribution in [2.24, 2.45) is 0 Å². The number of likely N-dealkylation sites (N-methyl/N-ethyl adjacent to an activating group) is 1. The zero-order chi connectivity index (χ0) is 18.4. The molecule has 0 amide bonds. The summed E-state index contributed by atoms with van der Waals surface area (Å²) in [6.45, 7) is 8.70. The molecule has 0 atom stereocenters. The van der Waals surface area contributed by atoms with Crippen LogP contribution < -0.4 is 0 Å². The van der Waals surface area contributed by atoms with Crippen molar-refractivity contribution < 1.29 is 29.7 Å². The molecule has 1 aromatic rings. The first-order chi connectivity index (χ1) is 10.00. The molecule has 8 heteroatoms. The quantitative estimate of drug-likeness (QED) is 0.291. The van der Waals surface area contributed by atoms with Gasteiger partial charge < -0.3 is 4.48 Å². The van der Waals surface area contributed by atoms with Gasteiger partial charge in [0.2, 0.25) is 0 Å². The molecule has 0 aliphatic carbocycles. The van der Waals surface area contributed by atoms with Crippen LogP contribution in [-0.4, -0.2) is 31.7 Å². The molecule has 0 saturated carbocycles. The van der Waals surface area contributed by atoms with Crippen LogP contribution in [0.15, 0.2) is 36.9 Å². The van der Waals surface area contributed by atoms with Gasteiger partial charge in [-0.3, -0.25) is 0 Å². The Labute approximate surface area is 133 Å². The number of hydrogen-bond acceptors (Lipinski definition) is 0. The van der Waals surface area contributed by atoms with E-state index in [2.05, 4.69) is 51.9 Å². The summed E-state index contributed by atoms with van der Waals surface area (Å²) in [5, 5.41) is 0. The van der Waals surface area contributed by atoms with Crippen LogP contribution in [0.5, 0.6) is 0 Å². The van der Waals surface area contributed by atoms with E-state index >= 15 is 0 Å². The predicted molar refractivity (Wildman–Crippen MR) is 85.8 cm³/mol. The van der Waals surface area contributed by atoms with Gasteiger partial charge in [0.15, 0.2) is 0 Å². The molecule has 0 fully saturated rings. The SMILES string of the molecule is C=C(C[N+](C)(C)CCCC)c1ccccc1.F[P-](F)(F)(F)(F)F. The Hall–Kier alpha value is -1.07. The van der Waals surface area contributed by atoms with Gasteiger partial charge in [-0.25, -0.2) is 0 Å². The first kappa shape index (κ1) is 21.9. The summed E-state index contributed by atoms with van der Waals surface area (Å²) in [6.07, 6.45) is 2.55. The summed E-state index contributed by atoms with van der Waals surface area (Å²) in [7, 11) is -6.09. The molecule has 0 N–H and O–H groups in total. The molecule has 1 nitrogen and oxygen atoms in total. The van der Waals surface area contributed by atoms with E-state index < -0.39 is 7.81 Å². The molecule has 0 aromatic heterocycles. The number of quaternary nitrogens is 1. The van der Waals surface area contributed by atoms with E-state index in [4.69, 9.17) is 0 Å². The molecular formula is C15H24F6NP. The molecule has 0 radical (unpaired) electrons. The van der Waals surface area contributed by atoms with Crippen LogP contribution >= 0.6 is 7.81 Å². The van der Waals surface area contributed by atoms with Gasteiger partial charge in [-0.15, -0.1) is 0 Å².